The second-order valence-corrected chi connectivity index (χ2v) is 9.38. The van der Waals surface area contributed by atoms with Crippen molar-refractivity contribution >= 4 is 29.0 Å². The Bertz CT molecular complexity index is 1260. The van der Waals surface area contributed by atoms with E-state index >= 15 is 0 Å². The molecule has 34 heavy (non-hydrogen) atoms. The van der Waals surface area contributed by atoms with E-state index < -0.39 is 22.8 Å². The molecule has 2 aromatic carbocycles. The summed E-state index contributed by atoms with van der Waals surface area (Å²) in [6.45, 7) is 7.39. The molecule has 0 unspecified atom stereocenters. The quantitative estimate of drug-likeness (QED) is 0.507. The van der Waals surface area contributed by atoms with Crippen molar-refractivity contribution in [2.75, 3.05) is 17.2 Å². The van der Waals surface area contributed by atoms with Gasteiger partial charge in [0.25, 0.3) is 11.5 Å². The van der Waals surface area contributed by atoms with Gasteiger partial charge < -0.3 is 15.4 Å². The zero-order valence-electron chi connectivity index (χ0n) is 19.7. The summed E-state index contributed by atoms with van der Waals surface area (Å²) in [4.78, 5) is 42.8. The molecule has 0 bridgehead atoms. The van der Waals surface area contributed by atoms with Crippen LogP contribution in [0.15, 0.2) is 64.2 Å². The number of ether oxygens (including phenoxy) is 1. The Hall–Kier alpha value is -3.52. The molecule has 0 aliphatic heterocycles. The predicted octanol–water partition coefficient (Wildman–Crippen LogP) is 3.67. The van der Waals surface area contributed by atoms with Crippen molar-refractivity contribution < 1.29 is 9.53 Å². The lowest BCUT2D eigenvalue weighted by molar-refractivity contribution is -0.131. The monoisotopic (exact) mass is 484 g/mol. The number of rotatable bonds is 8. The van der Waals surface area contributed by atoms with Crippen LogP contribution in [0.4, 0.5) is 11.5 Å². The van der Waals surface area contributed by atoms with Crippen LogP contribution in [0, 0.1) is 5.92 Å². The lowest BCUT2D eigenvalue weighted by atomic mass is 10.1. The highest BCUT2D eigenvalue weighted by Crippen LogP contribution is 2.26. The highest BCUT2D eigenvalue weighted by Gasteiger charge is 2.37. The number of carbonyl (C=O) groups is 1. The van der Waals surface area contributed by atoms with E-state index in [1.807, 2.05) is 44.2 Å². The zero-order chi connectivity index (χ0) is 25.0. The average molecular weight is 485 g/mol. The minimum atomic E-state index is -1.35. The van der Waals surface area contributed by atoms with Crippen molar-refractivity contribution in [1.29, 1.82) is 0 Å². The predicted molar refractivity (Wildman–Crippen MR) is 135 cm³/mol. The molecule has 3 aromatic rings. The first-order chi connectivity index (χ1) is 16.0. The highest BCUT2D eigenvalue weighted by atomic mass is 35.5. The molecule has 0 fully saturated rings. The molecule has 1 aromatic heterocycles. The Morgan fingerprint density at radius 2 is 1.74 bits per heavy atom. The first kappa shape index (κ1) is 25.1. The van der Waals surface area contributed by atoms with Crippen molar-refractivity contribution in [3.63, 3.8) is 0 Å². The molecule has 8 nitrogen and oxygen atoms in total. The van der Waals surface area contributed by atoms with Gasteiger partial charge in [-0.05, 0) is 49.6 Å². The molecule has 1 heterocycles. The molecule has 3 rings (SSSR count). The number of nitrogens with one attached hydrogen (secondary N) is 1. The van der Waals surface area contributed by atoms with Crippen LogP contribution < -0.4 is 26.6 Å². The third kappa shape index (κ3) is 5.69. The molecule has 0 aliphatic carbocycles. The SMILES string of the molecule is CC(C)CN(C(=O)C(C)(C)Oc1ccc(Cl)cc1)c1c(N)n(Cc2ccccc2)c(=O)[nH]c1=O. The van der Waals surface area contributed by atoms with Gasteiger partial charge in [-0.2, -0.15) is 0 Å². The number of anilines is 2. The molecule has 1 amide bonds. The van der Waals surface area contributed by atoms with Gasteiger partial charge in [0.15, 0.2) is 11.3 Å². The zero-order valence-corrected chi connectivity index (χ0v) is 20.4. The van der Waals surface area contributed by atoms with Crippen molar-refractivity contribution in [2.24, 2.45) is 5.92 Å². The Balaban J connectivity index is 2.05. The number of halogens is 1. The summed E-state index contributed by atoms with van der Waals surface area (Å²) in [6.07, 6.45) is 0. The molecular formula is C25H29ClN4O4. The topological polar surface area (TPSA) is 110 Å². The minimum Gasteiger partial charge on any atom is -0.478 e. The number of H-pyrrole nitrogens is 1. The van der Waals surface area contributed by atoms with Crippen LogP contribution in [0.25, 0.3) is 0 Å². The Morgan fingerprint density at radius 3 is 2.32 bits per heavy atom. The molecule has 0 spiro atoms. The van der Waals surface area contributed by atoms with Crippen LogP contribution in [0.1, 0.15) is 33.3 Å². The third-order valence-electron chi connectivity index (χ3n) is 5.16. The van der Waals surface area contributed by atoms with E-state index in [9.17, 15) is 14.4 Å². The molecule has 0 atom stereocenters. The normalized spacial score (nSPS) is 11.5. The maximum Gasteiger partial charge on any atom is 0.330 e. The molecule has 9 heteroatoms. The summed E-state index contributed by atoms with van der Waals surface area (Å²) < 4.78 is 7.21. The molecule has 0 aliphatic rings. The van der Waals surface area contributed by atoms with E-state index in [1.54, 1.807) is 38.1 Å². The fourth-order valence-electron chi connectivity index (χ4n) is 3.57. The van der Waals surface area contributed by atoms with Crippen molar-refractivity contribution in [2.45, 2.75) is 39.8 Å². The fraction of sp³-hybridized carbons (Fsp3) is 0.320. The number of hydrogen-bond acceptors (Lipinski definition) is 5. The van der Waals surface area contributed by atoms with E-state index in [0.717, 1.165) is 5.56 Å². The van der Waals surface area contributed by atoms with Gasteiger partial charge in [0.05, 0.1) is 6.54 Å². The molecule has 0 saturated heterocycles. The van der Waals surface area contributed by atoms with Crippen LogP contribution in [0.2, 0.25) is 5.02 Å². The van der Waals surface area contributed by atoms with Gasteiger partial charge in [-0.25, -0.2) is 4.79 Å². The van der Waals surface area contributed by atoms with Gasteiger partial charge in [-0.1, -0.05) is 55.8 Å². The summed E-state index contributed by atoms with van der Waals surface area (Å²) in [6, 6.07) is 15.9. The first-order valence-corrected chi connectivity index (χ1v) is 11.3. The summed E-state index contributed by atoms with van der Waals surface area (Å²) in [5, 5.41) is 0.540. The maximum atomic E-state index is 13.7. The standard InChI is InChI=1S/C25H29ClN4O4/c1-16(2)14-29(23(32)25(3,4)34-19-12-10-18(26)11-13-19)20-21(27)30(24(33)28-22(20)31)15-17-8-6-5-7-9-17/h5-13,16H,14-15,27H2,1-4H3,(H,28,31,33). The molecular weight excluding hydrogens is 456 g/mol. The van der Waals surface area contributed by atoms with Crippen LogP contribution in [0.5, 0.6) is 5.75 Å². The van der Waals surface area contributed by atoms with Crippen molar-refractivity contribution in [3.8, 4) is 5.75 Å². The first-order valence-electron chi connectivity index (χ1n) is 10.9. The lowest BCUT2D eigenvalue weighted by Gasteiger charge is -2.33. The average Bonchev–Trinajstić information content (AvgIpc) is 2.77. The molecule has 3 N–H and O–H groups in total. The number of aromatic nitrogens is 2. The van der Waals surface area contributed by atoms with Gasteiger partial charge in [0.1, 0.15) is 11.6 Å². The van der Waals surface area contributed by atoms with Crippen LogP contribution in [0.3, 0.4) is 0 Å². The fourth-order valence-corrected chi connectivity index (χ4v) is 3.69. The van der Waals surface area contributed by atoms with Crippen molar-refractivity contribution in [3.05, 3.63) is 86.0 Å². The third-order valence-corrected chi connectivity index (χ3v) is 5.41. The van der Waals surface area contributed by atoms with Gasteiger partial charge in [-0.15, -0.1) is 0 Å². The molecule has 0 saturated carbocycles. The van der Waals surface area contributed by atoms with E-state index in [1.165, 1.54) is 9.47 Å². The number of amides is 1. The number of carbonyl (C=O) groups excluding carboxylic acids is 1. The second kappa shape index (κ2) is 10.2. The summed E-state index contributed by atoms with van der Waals surface area (Å²) in [5.41, 5.74) is 4.37. The Labute approximate surface area is 202 Å². The Morgan fingerprint density at radius 1 is 1.12 bits per heavy atom. The summed E-state index contributed by atoms with van der Waals surface area (Å²) >= 11 is 5.94. The van der Waals surface area contributed by atoms with Gasteiger partial charge in [-0.3, -0.25) is 19.1 Å². The van der Waals surface area contributed by atoms with E-state index in [2.05, 4.69) is 4.98 Å². The highest BCUT2D eigenvalue weighted by molar-refractivity contribution is 6.30. The Kier molecular flexibility index (Phi) is 7.51. The number of aromatic amines is 1. The van der Waals surface area contributed by atoms with Gasteiger partial charge >= 0.3 is 5.69 Å². The molecule has 180 valence electrons. The smallest absolute Gasteiger partial charge is 0.330 e. The summed E-state index contributed by atoms with van der Waals surface area (Å²) in [5.74, 6) is -0.112. The van der Waals surface area contributed by atoms with Crippen LogP contribution in [-0.2, 0) is 11.3 Å². The number of nitrogen functional groups attached to an aromatic ring is 1. The number of nitrogens with two attached hydrogens (primary N) is 1. The number of hydrogen-bond donors (Lipinski definition) is 2. The summed E-state index contributed by atoms with van der Waals surface area (Å²) in [7, 11) is 0. The maximum absolute atomic E-state index is 13.7. The largest absolute Gasteiger partial charge is 0.478 e. The minimum absolute atomic E-state index is 0.00332. The van der Waals surface area contributed by atoms with Gasteiger partial charge in [0.2, 0.25) is 0 Å². The van der Waals surface area contributed by atoms with Crippen molar-refractivity contribution in [1.82, 2.24) is 9.55 Å². The van der Waals surface area contributed by atoms with E-state index in [-0.39, 0.29) is 30.5 Å². The number of benzene rings is 2. The van der Waals surface area contributed by atoms with Gasteiger partial charge in [0, 0.05) is 11.6 Å². The molecule has 0 radical (unpaired) electrons. The van der Waals surface area contributed by atoms with Crippen LogP contribution >= 0.6 is 11.6 Å². The number of nitrogens with zero attached hydrogens (tertiary/aromatic N) is 2. The second-order valence-electron chi connectivity index (χ2n) is 8.94. The van der Waals surface area contributed by atoms with E-state index in [0.29, 0.717) is 10.8 Å². The van der Waals surface area contributed by atoms with E-state index in [4.69, 9.17) is 22.1 Å². The lowest BCUT2D eigenvalue weighted by Crippen LogP contribution is -2.52. The van der Waals surface area contributed by atoms with Crippen LogP contribution in [-0.4, -0.2) is 27.6 Å².